The van der Waals surface area contributed by atoms with Gasteiger partial charge in [-0.3, -0.25) is 0 Å². The van der Waals surface area contributed by atoms with Gasteiger partial charge in [-0.2, -0.15) is 0 Å². The van der Waals surface area contributed by atoms with E-state index in [1.165, 1.54) is 0 Å². The van der Waals surface area contributed by atoms with Crippen LogP contribution >= 0.6 is 46.4 Å². The fourth-order valence-corrected chi connectivity index (χ4v) is 1.92. The zero-order valence-corrected chi connectivity index (χ0v) is 18.2. The monoisotopic (exact) mass is 432 g/mol. The topological polar surface area (TPSA) is 24.4 Å². The molecule has 0 amide bonds. The molecule has 2 aromatic rings. The first kappa shape index (κ1) is 19.8. The number of rotatable bonds is 3. The van der Waals surface area contributed by atoms with Crippen molar-refractivity contribution in [3.05, 3.63) is 56.5 Å². The fourth-order valence-electron chi connectivity index (χ4n) is 1.33. The summed E-state index contributed by atoms with van der Waals surface area (Å²) in [7, 11) is 0. The van der Waals surface area contributed by atoms with E-state index < -0.39 is 0 Å². The van der Waals surface area contributed by atoms with Crippen LogP contribution < -0.4 is 5.32 Å². The van der Waals surface area contributed by atoms with Crippen LogP contribution in [0.15, 0.2) is 41.4 Å². The zero-order valence-electron chi connectivity index (χ0n) is 12.2. The van der Waals surface area contributed by atoms with Crippen LogP contribution in [0.5, 0.6) is 0 Å². The molecule has 0 bridgehead atoms. The normalized spacial score (nSPS) is 10.1. The Labute approximate surface area is 158 Å². The minimum absolute atomic E-state index is 0.125. The van der Waals surface area contributed by atoms with Gasteiger partial charge in [0.2, 0.25) is 0 Å². The van der Waals surface area contributed by atoms with E-state index in [0.717, 1.165) is 5.69 Å². The second-order valence-corrected chi connectivity index (χ2v) is 8.93. The predicted octanol–water partition coefficient (Wildman–Crippen LogP) is 6.59. The van der Waals surface area contributed by atoms with Crippen molar-refractivity contribution >= 4 is 81.5 Å². The van der Waals surface area contributed by atoms with Crippen LogP contribution in [0.2, 0.25) is 31.0 Å². The SMILES string of the molecule is Clc1ccc(/N=C/Nc2ccc(Cl)c(Cl)c2)cc1Cl.[CH3][GaH][CH3]. The van der Waals surface area contributed by atoms with Gasteiger partial charge in [0.1, 0.15) is 0 Å². The van der Waals surface area contributed by atoms with E-state index in [-0.39, 0.29) is 17.4 Å². The molecule has 2 aromatic carbocycles. The second-order valence-electron chi connectivity index (χ2n) is 4.34. The van der Waals surface area contributed by atoms with E-state index >= 15 is 0 Å². The molecule has 0 fully saturated rings. The number of hydrogen-bond donors (Lipinski definition) is 1. The van der Waals surface area contributed by atoms with Crippen molar-refractivity contribution in [1.82, 2.24) is 0 Å². The molecule has 0 saturated carbocycles. The number of nitrogens with one attached hydrogen (secondary N) is 1. The van der Waals surface area contributed by atoms with E-state index in [1.807, 2.05) is 0 Å². The molecule has 0 aliphatic carbocycles. The zero-order chi connectivity index (χ0) is 16.5. The van der Waals surface area contributed by atoms with Crippen molar-refractivity contribution in [2.75, 3.05) is 5.32 Å². The van der Waals surface area contributed by atoms with Crippen molar-refractivity contribution in [3.8, 4) is 0 Å². The van der Waals surface area contributed by atoms with E-state index in [0.29, 0.717) is 25.8 Å². The van der Waals surface area contributed by atoms with E-state index in [4.69, 9.17) is 46.4 Å². The van der Waals surface area contributed by atoms with Crippen LogP contribution in [0.1, 0.15) is 0 Å². The van der Waals surface area contributed by atoms with Gasteiger partial charge in [0.05, 0.1) is 32.1 Å². The summed E-state index contributed by atoms with van der Waals surface area (Å²) in [5, 5.41) is 4.94. The Bertz CT molecular complexity index is 647. The Morgan fingerprint density at radius 2 is 1.41 bits per heavy atom. The van der Waals surface area contributed by atoms with Gasteiger partial charge in [-0.1, -0.05) is 46.4 Å². The van der Waals surface area contributed by atoms with Crippen LogP contribution in [0, 0.1) is 0 Å². The van der Waals surface area contributed by atoms with E-state index in [2.05, 4.69) is 21.3 Å². The van der Waals surface area contributed by atoms with Gasteiger partial charge in [0.25, 0.3) is 0 Å². The number of halogens is 4. The molecule has 0 atom stereocenters. The minimum atomic E-state index is 0.125. The van der Waals surface area contributed by atoms with Gasteiger partial charge in [-0.15, -0.1) is 0 Å². The Kier molecular flexibility index (Phi) is 9.40. The third-order valence-corrected chi connectivity index (χ3v) is 3.75. The van der Waals surface area contributed by atoms with Crippen molar-refractivity contribution in [1.29, 1.82) is 0 Å². The molecule has 22 heavy (non-hydrogen) atoms. The number of aliphatic imine (C=N–C) groups is 1. The summed E-state index contributed by atoms with van der Waals surface area (Å²) in [6.07, 6.45) is 1.54. The first-order chi connectivity index (χ1) is 10.5. The summed E-state index contributed by atoms with van der Waals surface area (Å²) >= 11 is 23.6. The number of hydrogen-bond acceptors (Lipinski definition) is 1. The van der Waals surface area contributed by atoms with Crippen LogP contribution in [0.3, 0.4) is 0 Å². The maximum atomic E-state index is 5.90. The van der Waals surface area contributed by atoms with Crippen molar-refractivity contribution in [2.45, 2.75) is 11.0 Å². The Balaban J connectivity index is 0.000000745. The average Bonchev–Trinajstić information content (AvgIpc) is 2.47. The summed E-state index contributed by atoms with van der Waals surface area (Å²) in [5.41, 5.74) is 6.11. The standard InChI is InChI=1S/C13H8Cl4N2.2CH3.Ga.H/c14-10-3-1-8(5-12(10)16)18-7-19-9-2-4-11(15)13(17)6-9;;;;/h1-7H,(H,18,19);2*1H3;;. The van der Waals surface area contributed by atoms with E-state index in [9.17, 15) is 0 Å². The van der Waals surface area contributed by atoms with Gasteiger partial charge >= 0.3 is 28.4 Å². The number of nitrogens with zero attached hydrogens (tertiary/aromatic N) is 1. The Hall–Kier alpha value is -0.294. The number of benzene rings is 2. The molecular weight excluding hydrogens is 420 g/mol. The summed E-state index contributed by atoms with van der Waals surface area (Å²) < 4.78 is 0. The molecule has 0 aromatic heterocycles. The summed E-state index contributed by atoms with van der Waals surface area (Å²) in [4.78, 5) is 4.20. The first-order valence-electron chi connectivity index (χ1n) is 6.67. The molecule has 0 aliphatic rings. The van der Waals surface area contributed by atoms with Crippen LogP contribution in [-0.2, 0) is 0 Å². The average molecular weight is 435 g/mol. The van der Waals surface area contributed by atoms with Gasteiger partial charge in [0, 0.05) is 5.69 Å². The molecule has 0 aliphatic heterocycles. The Morgan fingerprint density at radius 3 is 1.95 bits per heavy atom. The molecule has 1 N–H and O–H groups in total. The van der Waals surface area contributed by atoms with Crippen LogP contribution in [0.25, 0.3) is 0 Å². The van der Waals surface area contributed by atoms with E-state index in [1.54, 1.807) is 42.7 Å². The molecule has 0 unspecified atom stereocenters. The van der Waals surface area contributed by atoms with Crippen LogP contribution in [-0.4, -0.2) is 23.7 Å². The third-order valence-electron chi connectivity index (χ3n) is 2.27. The van der Waals surface area contributed by atoms with Crippen molar-refractivity contribution in [2.24, 2.45) is 4.99 Å². The quantitative estimate of drug-likeness (QED) is 0.329. The van der Waals surface area contributed by atoms with Gasteiger partial charge < -0.3 is 5.32 Å². The summed E-state index contributed by atoms with van der Waals surface area (Å²) in [5.74, 6) is 0. The summed E-state index contributed by atoms with van der Waals surface area (Å²) in [6, 6.07) is 10.4. The van der Waals surface area contributed by atoms with Crippen molar-refractivity contribution < 1.29 is 0 Å². The number of anilines is 1. The molecule has 116 valence electrons. The van der Waals surface area contributed by atoms with Gasteiger partial charge in [-0.05, 0) is 36.4 Å². The van der Waals surface area contributed by atoms with Crippen molar-refractivity contribution in [3.63, 3.8) is 0 Å². The summed E-state index contributed by atoms with van der Waals surface area (Å²) in [6.45, 7) is 0. The molecule has 2 nitrogen and oxygen atoms in total. The molecule has 0 spiro atoms. The first-order valence-corrected chi connectivity index (χ1v) is 14.1. The van der Waals surface area contributed by atoms with Crippen LogP contribution in [0.4, 0.5) is 11.4 Å². The molecule has 0 saturated heterocycles. The molecule has 0 heterocycles. The molecule has 2 rings (SSSR count). The molecular formula is C15H15Cl4GaN2. The Morgan fingerprint density at radius 1 is 0.864 bits per heavy atom. The maximum absolute atomic E-state index is 5.90. The van der Waals surface area contributed by atoms with Gasteiger partial charge in [-0.25, -0.2) is 4.99 Å². The predicted molar refractivity (Wildman–Crippen MR) is 104 cm³/mol. The molecule has 7 heteroatoms. The fraction of sp³-hybridized carbons (Fsp3) is 0.133. The second kappa shape index (κ2) is 10.5. The third kappa shape index (κ3) is 6.86. The van der Waals surface area contributed by atoms with Gasteiger partial charge in [0.15, 0.2) is 0 Å². The molecule has 0 radical (unpaired) electrons.